The summed E-state index contributed by atoms with van der Waals surface area (Å²) in [5.41, 5.74) is 1.20. The zero-order valence-corrected chi connectivity index (χ0v) is 17.2. The second kappa shape index (κ2) is 10.2. The van der Waals surface area contributed by atoms with E-state index in [1.807, 2.05) is 12.1 Å². The van der Waals surface area contributed by atoms with Crippen LogP contribution in [0.1, 0.15) is 41.6 Å². The molecule has 2 aromatic carbocycles. The Labute approximate surface area is 164 Å². The molecule has 2 rings (SSSR count). The molecule has 0 aliphatic carbocycles. The highest BCUT2D eigenvalue weighted by molar-refractivity contribution is 9.10. The first-order valence-electron chi connectivity index (χ1n) is 7.90. The lowest BCUT2D eigenvalue weighted by Gasteiger charge is -2.09. The van der Waals surface area contributed by atoms with E-state index >= 15 is 0 Å². The maximum atomic E-state index is 12.5. The van der Waals surface area contributed by atoms with Crippen LogP contribution in [0.2, 0.25) is 5.02 Å². The molecule has 0 amide bonds. The molecule has 0 spiro atoms. The van der Waals surface area contributed by atoms with E-state index in [0.717, 1.165) is 22.6 Å². The van der Waals surface area contributed by atoms with Gasteiger partial charge in [-0.1, -0.05) is 56.3 Å². The van der Waals surface area contributed by atoms with Gasteiger partial charge in [0.15, 0.2) is 5.78 Å². The highest BCUT2D eigenvalue weighted by Gasteiger charge is 2.11. The first-order chi connectivity index (χ1) is 11.6. The molecule has 0 aromatic heterocycles. The Hall–Kier alpha value is -0.840. The fourth-order valence-corrected chi connectivity index (χ4v) is 3.16. The van der Waals surface area contributed by atoms with Gasteiger partial charge in [-0.05, 0) is 55.3 Å². The van der Waals surface area contributed by atoms with Gasteiger partial charge in [0.25, 0.3) is 0 Å². The van der Waals surface area contributed by atoms with Crippen molar-refractivity contribution in [3.63, 3.8) is 0 Å². The van der Waals surface area contributed by atoms with Gasteiger partial charge in [0, 0.05) is 20.9 Å². The molecule has 0 N–H and O–H groups in total. The van der Waals surface area contributed by atoms with E-state index in [1.54, 1.807) is 30.3 Å². The lowest BCUT2D eigenvalue weighted by Crippen LogP contribution is -2.02. The summed E-state index contributed by atoms with van der Waals surface area (Å²) >= 11 is 13.0. The SMILES string of the molecule is O=C(c1ccc(Br)cc1)c1ccc(OCCCCCCBr)c(Cl)c1. The Morgan fingerprint density at radius 3 is 2.29 bits per heavy atom. The minimum Gasteiger partial charge on any atom is -0.492 e. The summed E-state index contributed by atoms with van der Waals surface area (Å²) in [7, 11) is 0. The zero-order chi connectivity index (χ0) is 17.4. The molecule has 0 atom stereocenters. The van der Waals surface area contributed by atoms with Crippen LogP contribution < -0.4 is 4.74 Å². The predicted octanol–water partition coefficient (Wildman–Crippen LogP) is 6.67. The van der Waals surface area contributed by atoms with E-state index in [4.69, 9.17) is 16.3 Å². The third-order valence-electron chi connectivity index (χ3n) is 3.59. The van der Waals surface area contributed by atoms with Gasteiger partial charge in [0.1, 0.15) is 5.75 Å². The van der Waals surface area contributed by atoms with Gasteiger partial charge >= 0.3 is 0 Å². The molecule has 0 aliphatic rings. The number of rotatable bonds is 9. The van der Waals surface area contributed by atoms with Gasteiger partial charge in [-0.25, -0.2) is 0 Å². The molecule has 0 saturated carbocycles. The van der Waals surface area contributed by atoms with Gasteiger partial charge in [0.2, 0.25) is 0 Å². The molecule has 0 radical (unpaired) electrons. The smallest absolute Gasteiger partial charge is 0.193 e. The van der Waals surface area contributed by atoms with Crippen LogP contribution in [0, 0.1) is 0 Å². The average Bonchev–Trinajstić information content (AvgIpc) is 2.59. The van der Waals surface area contributed by atoms with Crippen molar-refractivity contribution in [3.05, 3.63) is 63.1 Å². The van der Waals surface area contributed by atoms with E-state index in [2.05, 4.69) is 31.9 Å². The number of carbonyl (C=O) groups is 1. The van der Waals surface area contributed by atoms with Gasteiger partial charge in [-0.15, -0.1) is 0 Å². The number of ketones is 1. The number of alkyl halides is 1. The van der Waals surface area contributed by atoms with Crippen LogP contribution in [-0.2, 0) is 0 Å². The van der Waals surface area contributed by atoms with Crippen molar-refractivity contribution in [2.75, 3.05) is 11.9 Å². The Kier molecular flexibility index (Phi) is 8.30. The molecular formula is C19H19Br2ClO2. The molecule has 0 aliphatic heterocycles. The van der Waals surface area contributed by atoms with Crippen LogP contribution in [0.25, 0.3) is 0 Å². The Morgan fingerprint density at radius 2 is 1.62 bits per heavy atom. The molecule has 0 unspecified atom stereocenters. The highest BCUT2D eigenvalue weighted by Crippen LogP contribution is 2.27. The van der Waals surface area contributed by atoms with Crippen LogP contribution in [-0.4, -0.2) is 17.7 Å². The second-order valence-electron chi connectivity index (χ2n) is 5.43. The summed E-state index contributed by atoms with van der Waals surface area (Å²) in [6.07, 6.45) is 4.53. The normalized spacial score (nSPS) is 10.6. The van der Waals surface area contributed by atoms with Gasteiger partial charge < -0.3 is 4.74 Å². The maximum absolute atomic E-state index is 12.5. The largest absolute Gasteiger partial charge is 0.492 e. The summed E-state index contributed by atoms with van der Waals surface area (Å²) in [6.45, 7) is 0.641. The standard InChI is InChI=1S/C19H19Br2ClO2/c20-11-3-1-2-4-12-24-18-10-7-15(13-17(18)22)19(23)14-5-8-16(21)9-6-14/h5-10,13H,1-4,11-12H2. The van der Waals surface area contributed by atoms with Crippen molar-refractivity contribution in [2.24, 2.45) is 0 Å². The number of halogens is 3. The summed E-state index contributed by atoms with van der Waals surface area (Å²) in [5, 5.41) is 1.52. The second-order valence-corrected chi connectivity index (χ2v) is 7.55. The lowest BCUT2D eigenvalue weighted by atomic mass is 10.0. The summed E-state index contributed by atoms with van der Waals surface area (Å²) in [6, 6.07) is 12.5. The molecule has 0 bridgehead atoms. The minimum atomic E-state index is -0.0503. The number of hydrogen-bond acceptors (Lipinski definition) is 2. The highest BCUT2D eigenvalue weighted by atomic mass is 79.9. The van der Waals surface area contributed by atoms with Gasteiger partial charge in [-0.2, -0.15) is 0 Å². The molecular weight excluding hydrogens is 455 g/mol. The van der Waals surface area contributed by atoms with E-state index in [0.29, 0.717) is 28.5 Å². The van der Waals surface area contributed by atoms with Gasteiger partial charge in [-0.3, -0.25) is 4.79 Å². The third kappa shape index (κ3) is 5.91. The summed E-state index contributed by atoms with van der Waals surface area (Å²) < 4.78 is 6.65. The van der Waals surface area contributed by atoms with E-state index < -0.39 is 0 Å². The number of ether oxygens (including phenoxy) is 1. The van der Waals surface area contributed by atoms with Crippen LogP contribution in [0.5, 0.6) is 5.75 Å². The Balaban J connectivity index is 1.94. The maximum Gasteiger partial charge on any atom is 0.193 e. The number of benzene rings is 2. The van der Waals surface area contributed by atoms with Gasteiger partial charge in [0.05, 0.1) is 11.6 Å². The lowest BCUT2D eigenvalue weighted by molar-refractivity contribution is 0.103. The molecule has 0 saturated heterocycles. The summed E-state index contributed by atoms with van der Waals surface area (Å²) in [4.78, 5) is 12.5. The topological polar surface area (TPSA) is 26.3 Å². The van der Waals surface area contributed by atoms with Crippen LogP contribution in [0.4, 0.5) is 0 Å². The fraction of sp³-hybridized carbons (Fsp3) is 0.316. The number of carbonyl (C=O) groups excluding carboxylic acids is 1. The van der Waals surface area contributed by atoms with E-state index in [1.165, 1.54) is 12.8 Å². The Morgan fingerprint density at radius 1 is 0.958 bits per heavy atom. The van der Waals surface area contributed by atoms with Crippen molar-refractivity contribution < 1.29 is 9.53 Å². The number of unbranched alkanes of at least 4 members (excludes halogenated alkanes) is 3. The van der Waals surface area contributed by atoms with Crippen molar-refractivity contribution >= 4 is 49.2 Å². The molecule has 2 nitrogen and oxygen atoms in total. The molecule has 2 aromatic rings. The van der Waals surface area contributed by atoms with E-state index in [9.17, 15) is 4.79 Å². The molecule has 0 fully saturated rings. The first-order valence-corrected chi connectivity index (χ1v) is 10.2. The minimum absolute atomic E-state index is 0.0503. The first kappa shape index (κ1) is 19.5. The van der Waals surface area contributed by atoms with Crippen molar-refractivity contribution in [1.29, 1.82) is 0 Å². The number of hydrogen-bond donors (Lipinski definition) is 0. The monoisotopic (exact) mass is 472 g/mol. The third-order valence-corrected chi connectivity index (χ3v) is 4.97. The fourth-order valence-electron chi connectivity index (χ4n) is 2.26. The zero-order valence-electron chi connectivity index (χ0n) is 13.2. The quantitative estimate of drug-likeness (QED) is 0.231. The molecule has 5 heteroatoms. The van der Waals surface area contributed by atoms with E-state index in [-0.39, 0.29) is 5.78 Å². The van der Waals surface area contributed by atoms with Crippen LogP contribution in [0.3, 0.4) is 0 Å². The van der Waals surface area contributed by atoms with Crippen molar-refractivity contribution in [3.8, 4) is 5.75 Å². The van der Waals surface area contributed by atoms with Crippen LogP contribution in [0.15, 0.2) is 46.9 Å². The predicted molar refractivity (Wildman–Crippen MR) is 107 cm³/mol. The molecule has 0 heterocycles. The Bertz CT molecular complexity index is 672. The molecule has 24 heavy (non-hydrogen) atoms. The van der Waals surface area contributed by atoms with Crippen LogP contribution >= 0.6 is 43.5 Å². The average molecular weight is 475 g/mol. The van der Waals surface area contributed by atoms with Crippen molar-refractivity contribution in [1.82, 2.24) is 0 Å². The summed E-state index contributed by atoms with van der Waals surface area (Å²) in [5.74, 6) is 0.579. The van der Waals surface area contributed by atoms with Crippen molar-refractivity contribution in [2.45, 2.75) is 25.7 Å². The molecule has 128 valence electrons.